The number of rotatable bonds is 8. The number of alkyl halides is 3. The van der Waals surface area contributed by atoms with Crippen LogP contribution in [0.15, 0.2) is 47.4 Å². The third-order valence-corrected chi connectivity index (χ3v) is 6.86. The zero-order chi connectivity index (χ0) is 24.9. The van der Waals surface area contributed by atoms with E-state index < -0.39 is 38.4 Å². The molecule has 0 bridgehead atoms. The molecule has 0 atom stereocenters. The average Bonchev–Trinajstić information content (AvgIpc) is 3.32. The molecule has 0 saturated heterocycles. The Morgan fingerprint density at radius 2 is 1.62 bits per heavy atom. The zero-order valence-corrected chi connectivity index (χ0v) is 18.7. The molecule has 2 amide bonds. The molecule has 1 aliphatic carbocycles. The Morgan fingerprint density at radius 1 is 0.971 bits per heavy atom. The average molecular weight is 502 g/mol. The summed E-state index contributed by atoms with van der Waals surface area (Å²) in [6.07, 6.45) is -1.25. The molecule has 3 N–H and O–H groups in total. The number of anilines is 1. The van der Waals surface area contributed by atoms with Gasteiger partial charge in [0.25, 0.3) is 5.91 Å². The molecule has 1 aliphatic rings. The highest BCUT2D eigenvalue weighted by Gasteiger charge is 2.35. The molecule has 34 heavy (non-hydrogen) atoms. The minimum Gasteiger partial charge on any atom is -0.351 e. The first-order valence-electron chi connectivity index (χ1n) is 10.5. The lowest BCUT2D eigenvalue weighted by Gasteiger charge is -2.12. The third-order valence-electron chi connectivity index (χ3n) is 5.40. The Labute approximate surface area is 194 Å². The van der Waals surface area contributed by atoms with Gasteiger partial charge >= 0.3 is 6.18 Å². The van der Waals surface area contributed by atoms with Crippen LogP contribution in [0.4, 0.5) is 23.2 Å². The van der Waals surface area contributed by atoms with Crippen molar-refractivity contribution in [2.75, 3.05) is 18.4 Å². The first kappa shape index (κ1) is 25.6. The van der Waals surface area contributed by atoms with Gasteiger partial charge in [-0.05, 0) is 55.3 Å². The van der Waals surface area contributed by atoms with E-state index in [9.17, 15) is 35.6 Å². The second kappa shape index (κ2) is 10.5. The molecular weight excluding hydrogens is 478 g/mol. The van der Waals surface area contributed by atoms with E-state index in [1.807, 2.05) is 0 Å². The molecule has 0 heterocycles. The van der Waals surface area contributed by atoms with E-state index in [1.54, 1.807) is 12.1 Å². The maximum atomic E-state index is 13.4. The molecule has 7 nitrogen and oxygen atoms in total. The molecule has 2 aromatic rings. The van der Waals surface area contributed by atoms with Gasteiger partial charge in [0.2, 0.25) is 15.9 Å². The molecule has 184 valence electrons. The summed E-state index contributed by atoms with van der Waals surface area (Å²) >= 11 is 0. The van der Waals surface area contributed by atoms with E-state index in [2.05, 4.69) is 15.4 Å². The van der Waals surface area contributed by atoms with Gasteiger partial charge in [-0.1, -0.05) is 12.8 Å². The van der Waals surface area contributed by atoms with Crippen molar-refractivity contribution >= 4 is 27.5 Å². The summed E-state index contributed by atoms with van der Waals surface area (Å²) in [5.41, 5.74) is -0.861. The minimum atomic E-state index is -5.04. The van der Waals surface area contributed by atoms with Crippen LogP contribution >= 0.6 is 0 Å². The van der Waals surface area contributed by atoms with Gasteiger partial charge in [-0.25, -0.2) is 17.5 Å². The fourth-order valence-corrected chi connectivity index (χ4v) is 4.63. The SMILES string of the molecule is O=C(NCCNS(=O)(=O)c1ccc(F)c(C(F)(F)F)c1)c1ccc(NC(=O)C2CCCC2)cc1. The van der Waals surface area contributed by atoms with Gasteiger partial charge in [-0.2, -0.15) is 13.2 Å². The van der Waals surface area contributed by atoms with E-state index >= 15 is 0 Å². The number of carbonyl (C=O) groups is 2. The van der Waals surface area contributed by atoms with E-state index in [-0.39, 0.29) is 36.5 Å². The van der Waals surface area contributed by atoms with Crippen LogP contribution in [0.3, 0.4) is 0 Å². The van der Waals surface area contributed by atoms with Crippen molar-refractivity contribution in [3.05, 3.63) is 59.4 Å². The number of sulfonamides is 1. The molecule has 0 aromatic heterocycles. The van der Waals surface area contributed by atoms with Crippen LogP contribution in [0.2, 0.25) is 0 Å². The molecule has 1 saturated carbocycles. The molecule has 0 unspecified atom stereocenters. The van der Waals surface area contributed by atoms with Crippen molar-refractivity contribution in [1.82, 2.24) is 10.0 Å². The van der Waals surface area contributed by atoms with E-state index in [1.165, 1.54) is 12.1 Å². The predicted molar refractivity (Wildman–Crippen MR) is 116 cm³/mol. The van der Waals surface area contributed by atoms with Crippen LogP contribution in [0.5, 0.6) is 0 Å². The van der Waals surface area contributed by atoms with Gasteiger partial charge < -0.3 is 10.6 Å². The summed E-state index contributed by atoms with van der Waals surface area (Å²) in [6, 6.07) is 7.53. The Morgan fingerprint density at radius 3 is 2.24 bits per heavy atom. The molecule has 0 radical (unpaired) electrons. The number of nitrogens with one attached hydrogen (secondary N) is 3. The third kappa shape index (κ3) is 6.54. The topological polar surface area (TPSA) is 104 Å². The molecular formula is C22H23F4N3O4S. The molecule has 3 rings (SSSR count). The molecule has 0 spiro atoms. The van der Waals surface area contributed by atoms with Crippen LogP contribution < -0.4 is 15.4 Å². The van der Waals surface area contributed by atoms with Crippen LogP contribution in [-0.2, 0) is 21.0 Å². The largest absolute Gasteiger partial charge is 0.419 e. The lowest BCUT2D eigenvalue weighted by molar-refractivity contribution is -0.140. The lowest BCUT2D eigenvalue weighted by atomic mass is 10.1. The van der Waals surface area contributed by atoms with Gasteiger partial charge in [-0.3, -0.25) is 9.59 Å². The fraction of sp³-hybridized carbons (Fsp3) is 0.364. The van der Waals surface area contributed by atoms with Crippen molar-refractivity contribution < 1.29 is 35.6 Å². The van der Waals surface area contributed by atoms with Gasteiger partial charge in [0.1, 0.15) is 5.82 Å². The van der Waals surface area contributed by atoms with E-state index in [0.717, 1.165) is 31.7 Å². The summed E-state index contributed by atoms with van der Waals surface area (Å²) in [7, 11) is -4.35. The standard InChI is InChI=1S/C22H23F4N3O4S/c23-19-10-9-17(13-18(19)22(24,25)26)34(32,33)28-12-11-27-20(30)15-5-7-16(8-6-15)29-21(31)14-3-1-2-4-14/h5-10,13-14,28H,1-4,11-12H2,(H,27,30)(H,29,31). The Bertz CT molecular complexity index is 1150. The highest BCUT2D eigenvalue weighted by atomic mass is 32.2. The van der Waals surface area contributed by atoms with Crippen molar-refractivity contribution in [2.45, 2.75) is 36.8 Å². The molecule has 12 heteroatoms. The lowest BCUT2D eigenvalue weighted by Crippen LogP contribution is -2.34. The van der Waals surface area contributed by atoms with Crippen molar-refractivity contribution in [2.24, 2.45) is 5.92 Å². The normalized spacial score (nSPS) is 14.7. The van der Waals surface area contributed by atoms with Crippen molar-refractivity contribution in [1.29, 1.82) is 0 Å². The first-order chi connectivity index (χ1) is 16.0. The fourth-order valence-electron chi connectivity index (χ4n) is 3.57. The number of benzene rings is 2. The van der Waals surface area contributed by atoms with Gasteiger partial charge in [0, 0.05) is 30.3 Å². The van der Waals surface area contributed by atoms with Gasteiger partial charge in [0.05, 0.1) is 10.5 Å². The number of hydrogen-bond donors (Lipinski definition) is 3. The highest BCUT2D eigenvalue weighted by Crippen LogP contribution is 2.32. The van der Waals surface area contributed by atoms with Crippen LogP contribution in [0, 0.1) is 11.7 Å². The maximum absolute atomic E-state index is 13.4. The Hall–Kier alpha value is -2.99. The van der Waals surface area contributed by atoms with Crippen LogP contribution in [-0.4, -0.2) is 33.3 Å². The highest BCUT2D eigenvalue weighted by molar-refractivity contribution is 7.89. The summed E-state index contributed by atoms with van der Waals surface area (Å²) in [4.78, 5) is 23.6. The number of hydrogen-bond acceptors (Lipinski definition) is 4. The van der Waals surface area contributed by atoms with Crippen molar-refractivity contribution in [3.8, 4) is 0 Å². The number of halogens is 4. The van der Waals surface area contributed by atoms with Crippen LogP contribution in [0.25, 0.3) is 0 Å². The Balaban J connectivity index is 1.49. The van der Waals surface area contributed by atoms with Crippen molar-refractivity contribution in [3.63, 3.8) is 0 Å². The molecule has 1 fully saturated rings. The summed E-state index contributed by atoms with van der Waals surface area (Å²) < 4.78 is 78.3. The first-order valence-corrected chi connectivity index (χ1v) is 12.0. The quantitative estimate of drug-likeness (QED) is 0.379. The number of carbonyl (C=O) groups excluding carboxylic acids is 2. The number of amides is 2. The Kier molecular flexibility index (Phi) is 7.93. The van der Waals surface area contributed by atoms with Gasteiger partial charge in [-0.15, -0.1) is 0 Å². The molecule has 2 aromatic carbocycles. The summed E-state index contributed by atoms with van der Waals surface area (Å²) in [5, 5.41) is 5.29. The second-order valence-corrected chi connectivity index (χ2v) is 9.61. The smallest absolute Gasteiger partial charge is 0.351 e. The van der Waals surface area contributed by atoms with Crippen LogP contribution in [0.1, 0.15) is 41.6 Å². The monoisotopic (exact) mass is 501 g/mol. The summed E-state index contributed by atoms with van der Waals surface area (Å²) in [5.74, 6) is -2.14. The van der Waals surface area contributed by atoms with Gasteiger partial charge in [0.15, 0.2) is 0 Å². The van der Waals surface area contributed by atoms with E-state index in [4.69, 9.17) is 0 Å². The second-order valence-electron chi connectivity index (χ2n) is 7.84. The maximum Gasteiger partial charge on any atom is 0.419 e. The molecule has 0 aliphatic heterocycles. The summed E-state index contributed by atoms with van der Waals surface area (Å²) in [6.45, 7) is -0.451. The van der Waals surface area contributed by atoms with E-state index in [0.29, 0.717) is 11.8 Å². The minimum absolute atomic E-state index is 0.00159. The predicted octanol–water partition coefficient (Wildman–Crippen LogP) is 3.68. The zero-order valence-electron chi connectivity index (χ0n) is 17.9.